The molecule has 0 aromatic heterocycles. The first-order valence-corrected chi connectivity index (χ1v) is 8.64. The molecule has 0 amide bonds. The molecule has 1 rings (SSSR count). The fourth-order valence-electron chi connectivity index (χ4n) is 2.13. The molecule has 0 bridgehead atoms. The summed E-state index contributed by atoms with van der Waals surface area (Å²) in [5, 5.41) is 0. The number of anilines is 1. The van der Waals surface area contributed by atoms with Crippen molar-refractivity contribution in [1.82, 2.24) is 0 Å². The van der Waals surface area contributed by atoms with E-state index in [4.69, 9.17) is 5.73 Å². The van der Waals surface area contributed by atoms with Gasteiger partial charge in [0, 0.05) is 19.1 Å². The van der Waals surface area contributed by atoms with Gasteiger partial charge in [0.25, 0.3) is 0 Å². The van der Waals surface area contributed by atoms with Crippen LogP contribution in [0.15, 0.2) is 18.2 Å². The molecule has 114 valence electrons. The van der Waals surface area contributed by atoms with Crippen molar-refractivity contribution in [2.24, 2.45) is 5.73 Å². The molecule has 0 saturated carbocycles. The number of hydrogen-bond acceptors (Lipinski definition) is 3. The molecule has 20 heavy (non-hydrogen) atoms. The second-order valence-corrected chi connectivity index (χ2v) is 6.39. The molecule has 2 nitrogen and oxygen atoms in total. The van der Waals surface area contributed by atoms with Crippen molar-refractivity contribution in [3.8, 4) is 0 Å². The molecule has 0 aliphatic carbocycles. The van der Waals surface area contributed by atoms with Crippen LogP contribution in [0.3, 0.4) is 0 Å². The first-order chi connectivity index (χ1) is 9.49. The van der Waals surface area contributed by atoms with Crippen LogP contribution in [0.2, 0.25) is 0 Å². The Balaban J connectivity index is 2.76. The highest BCUT2D eigenvalue weighted by atomic mass is 32.2. The molecule has 0 heterocycles. The maximum atomic E-state index is 14.2. The van der Waals surface area contributed by atoms with Crippen LogP contribution in [0, 0.1) is 5.82 Å². The van der Waals surface area contributed by atoms with E-state index in [1.165, 1.54) is 0 Å². The van der Waals surface area contributed by atoms with Gasteiger partial charge in [0.15, 0.2) is 0 Å². The van der Waals surface area contributed by atoms with Gasteiger partial charge in [-0.05, 0) is 55.9 Å². The highest BCUT2D eigenvalue weighted by Crippen LogP contribution is 2.23. The molecular formula is C16H27FN2S. The van der Waals surface area contributed by atoms with Gasteiger partial charge in [0.05, 0.1) is 5.69 Å². The van der Waals surface area contributed by atoms with Gasteiger partial charge in [0.2, 0.25) is 0 Å². The zero-order valence-corrected chi connectivity index (χ0v) is 13.8. The molecule has 1 aromatic carbocycles. The van der Waals surface area contributed by atoms with Crippen LogP contribution in [0.4, 0.5) is 10.1 Å². The topological polar surface area (TPSA) is 29.3 Å². The number of hydrogen-bond donors (Lipinski definition) is 1. The second kappa shape index (κ2) is 8.53. The summed E-state index contributed by atoms with van der Waals surface area (Å²) in [5.74, 6) is 0.945. The second-order valence-electron chi connectivity index (χ2n) is 5.40. The fourth-order valence-corrected chi connectivity index (χ4v) is 2.71. The van der Waals surface area contributed by atoms with Gasteiger partial charge in [-0.3, -0.25) is 0 Å². The normalized spacial score (nSPS) is 14.1. The molecule has 0 aliphatic heterocycles. The van der Waals surface area contributed by atoms with Crippen molar-refractivity contribution in [1.29, 1.82) is 0 Å². The van der Waals surface area contributed by atoms with Crippen LogP contribution >= 0.6 is 11.8 Å². The van der Waals surface area contributed by atoms with Crippen molar-refractivity contribution in [2.75, 3.05) is 24.0 Å². The highest BCUT2D eigenvalue weighted by molar-refractivity contribution is 7.98. The molecule has 0 spiro atoms. The Kier molecular flexibility index (Phi) is 7.38. The van der Waals surface area contributed by atoms with E-state index in [9.17, 15) is 4.39 Å². The standard InChI is InChI=1S/C16H27FN2S/c1-5-14(18)10-13-6-7-16(15(17)11-13)19(3)12(2)8-9-20-4/h6-7,11-12,14H,5,8-10,18H2,1-4H3. The lowest BCUT2D eigenvalue weighted by atomic mass is 10.0. The number of halogens is 1. The smallest absolute Gasteiger partial charge is 0.146 e. The Bertz CT molecular complexity index is 411. The van der Waals surface area contributed by atoms with Crippen molar-refractivity contribution >= 4 is 17.4 Å². The van der Waals surface area contributed by atoms with Gasteiger partial charge in [0.1, 0.15) is 5.82 Å². The minimum atomic E-state index is -0.149. The van der Waals surface area contributed by atoms with Gasteiger partial charge >= 0.3 is 0 Å². The summed E-state index contributed by atoms with van der Waals surface area (Å²) < 4.78 is 14.2. The van der Waals surface area contributed by atoms with Gasteiger partial charge < -0.3 is 10.6 Å². The van der Waals surface area contributed by atoms with Crippen molar-refractivity contribution in [3.05, 3.63) is 29.6 Å². The molecular weight excluding hydrogens is 271 g/mol. The van der Waals surface area contributed by atoms with E-state index in [0.717, 1.165) is 30.6 Å². The molecule has 0 saturated heterocycles. The van der Waals surface area contributed by atoms with Crippen LogP contribution < -0.4 is 10.6 Å². The molecule has 4 heteroatoms. The van der Waals surface area contributed by atoms with E-state index in [1.54, 1.807) is 6.07 Å². The molecule has 0 aliphatic rings. The quantitative estimate of drug-likeness (QED) is 0.794. The van der Waals surface area contributed by atoms with E-state index in [-0.39, 0.29) is 11.9 Å². The number of thioether (sulfide) groups is 1. The molecule has 2 N–H and O–H groups in total. The first kappa shape index (κ1) is 17.3. The first-order valence-electron chi connectivity index (χ1n) is 7.25. The predicted octanol–water partition coefficient (Wildman–Crippen LogP) is 3.68. The van der Waals surface area contributed by atoms with Crippen molar-refractivity contribution in [3.63, 3.8) is 0 Å². The maximum absolute atomic E-state index is 14.2. The minimum absolute atomic E-state index is 0.110. The Labute approximate surface area is 126 Å². The number of benzene rings is 1. The summed E-state index contributed by atoms with van der Waals surface area (Å²) in [6, 6.07) is 5.94. The number of nitrogens with zero attached hydrogens (tertiary/aromatic N) is 1. The number of nitrogens with two attached hydrogens (primary N) is 1. The Morgan fingerprint density at radius 2 is 2.10 bits per heavy atom. The Hall–Kier alpha value is -0.740. The predicted molar refractivity (Wildman–Crippen MR) is 89.2 cm³/mol. The molecule has 0 fully saturated rings. The average molecular weight is 298 g/mol. The summed E-state index contributed by atoms with van der Waals surface area (Å²) in [4.78, 5) is 2.02. The largest absolute Gasteiger partial charge is 0.369 e. The van der Waals surface area contributed by atoms with Crippen LogP contribution in [0.1, 0.15) is 32.3 Å². The summed E-state index contributed by atoms with van der Waals surface area (Å²) >= 11 is 1.82. The summed E-state index contributed by atoms with van der Waals surface area (Å²) in [6.07, 6.45) is 4.80. The van der Waals surface area contributed by atoms with E-state index in [1.807, 2.05) is 35.8 Å². The van der Waals surface area contributed by atoms with Crippen LogP contribution in [-0.4, -0.2) is 31.1 Å². The third-order valence-electron chi connectivity index (χ3n) is 3.82. The summed E-state index contributed by atoms with van der Waals surface area (Å²) in [7, 11) is 1.96. The summed E-state index contributed by atoms with van der Waals surface area (Å²) in [6.45, 7) is 4.19. The monoisotopic (exact) mass is 298 g/mol. The van der Waals surface area contributed by atoms with Crippen molar-refractivity contribution < 1.29 is 4.39 Å². The molecule has 1 aromatic rings. The minimum Gasteiger partial charge on any atom is -0.369 e. The van der Waals surface area contributed by atoms with E-state index in [0.29, 0.717) is 11.7 Å². The fraction of sp³-hybridized carbons (Fsp3) is 0.625. The SMILES string of the molecule is CCC(N)Cc1ccc(N(C)C(C)CCSC)c(F)c1. The highest BCUT2D eigenvalue weighted by Gasteiger charge is 2.14. The van der Waals surface area contributed by atoms with E-state index in [2.05, 4.69) is 20.1 Å². The third-order valence-corrected chi connectivity index (χ3v) is 4.46. The van der Waals surface area contributed by atoms with E-state index >= 15 is 0 Å². The molecule has 0 radical (unpaired) electrons. The Morgan fingerprint density at radius 3 is 2.65 bits per heavy atom. The molecule has 2 unspecified atom stereocenters. The lowest BCUT2D eigenvalue weighted by molar-refractivity contribution is 0.594. The Morgan fingerprint density at radius 1 is 1.40 bits per heavy atom. The number of rotatable bonds is 8. The average Bonchev–Trinajstić information content (AvgIpc) is 2.44. The van der Waals surface area contributed by atoms with Crippen LogP contribution in [0.5, 0.6) is 0 Å². The van der Waals surface area contributed by atoms with E-state index < -0.39 is 0 Å². The van der Waals surface area contributed by atoms with Gasteiger partial charge in [-0.25, -0.2) is 4.39 Å². The summed E-state index contributed by atoms with van der Waals surface area (Å²) in [5.41, 5.74) is 7.57. The lowest BCUT2D eigenvalue weighted by Gasteiger charge is -2.27. The third kappa shape index (κ3) is 4.98. The van der Waals surface area contributed by atoms with Crippen molar-refractivity contribution in [2.45, 2.75) is 45.2 Å². The maximum Gasteiger partial charge on any atom is 0.146 e. The van der Waals surface area contributed by atoms with Gasteiger partial charge in [-0.15, -0.1) is 0 Å². The lowest BCUT2D eigenvalue weighted by Crippen LogP contribution is -2.30. The van der Waals surface area contributed by atoms with Gasteiger partial charge in [-0.2, -0.15) is 11.8 Å². The van der Waals surface area contributed by atoms with Crippen LogP contribution in [0.25, 0.3) is 0 Å². The van der Waals surface area contributed by atoms with Gasteiger partial charge in [-0.1, -0.05) is 13.0 Å². The molecule has 2 atom stereocenters. The zero-order chi connectivity index (χ0) is 15.1. The zero-order valence-electron chi connectivity index (χ0n) is 13.0. The van der Waals surface area contributed by atoms with Crippen LogP contribution in [-0.2, 0) is 6.42 Å².